The molecular formula is C16H12FN. The molecule has 88 valence electrons. The highest BCUT2D eigenvalue weighted by molar-refractivity contribution is 5.79. The molecule has 0 saturated heterocycles. The smallest absolute Gasteiger partial charge is 0.123 e. The van der Waals surface area contributed by atoms with E-state index in [4.69, 9.17) is 0 Å². The van der Waals surface area contributed by atoms with Gasteiger partial charge in [0.1, 0.15) is 5.82 Å². The van der Waals surface area contributed by atoms with Crippen LogP contribution in [0.4, 0.5) is 4.39 Å². The number of rotatable bonds is 2. The van der Waals surface area contributed by atoms with Gasteiger partial charge in [-0.15, -0.1) is 0 Å². The molecule has 0 aliphatic rings. The molecule has 0 radical (unpaired) electrons. The van der Waals surface area contributed by atoms with Gasteiger partial charge in [-0.2, -0.15) is 0 Å². The van der Waals surface area contributed by atoms with E-state index in [0.717, 1.165) is 22.9 Å². The molecular weight excluding hydrogens is 225 g/mol. The molecule has 0 amide bonds. The van der Waals surface area contributed by atoms with Crippen LogP contribution in [0.1, 0.15) is 11.1 Å². The maximum absolute atomic E-state index is 12.8. The molecule has 0 aliphatic carbocycles. The van der Waals surface area contributed by atoms with E-state index < -0.39 is 0 Å². The first-order valence-corrected chi connectivity index (χ1v) is 5.89. The van der Waals surface area contributed by atoms with Crippen molar-refractivity contribution in [1.82, 2.24) is 4.98 Å². The van der Waals surface area contributed by atoms with Crippen LogP contribution in [0.2, 0.25) is 0 Å². The average Bonchev–Trinajstić information content (AvgIpc) is 2.41. The summed E-state index contributed by atoms with van der Waals surface area (Å²) in [4.78, 5) is 4.29. The van der Waals surface area contributed by atoms with Crippen molar-refractivity contribution < 1.29 is 4.39 Å². The first-order valence-electron chi connectivity index (χ1n) is 5.89. The molecule has 0 spiro atoms. The predicted octanol–water partition coefficient (Wildman–Crippen LogP) is 3.96. The van der Waals surface area contributed by atoms with Crippen LogP contribution in [-0.2, 0) is 6.42 Å². The molecule has 0 fully saturated rings. The van der Waals surface area contributed by atoms with Crippen molar-refractivity contribution in [2.45, 2.75) is 6.42 Å². The van der Waals surface area contributed by atoms with E-state index in [-0.39, 0.29) is 5.82 Å². The van der Waals surface area contributed by atoms with Crippen molar-refractivity contribution in [3.63, 3.8) is 0 Å². The minimum Gasteiger partial charge on any atom is -0.256 e. The van der Waals surface area contributed by atoms with Gasteiger partial charge in [-0.1, -0.05) is 24.3 Å². The van der Waals surface area contributed by atoms with Gasteiger partial charge in [0.15, 0.2) is 0 Å². The summed E-state index contributed by atoms with van der Waals surface area (Å²) in [6, 6.07) is 16.8. The number of hydrogen-bond acceptors (Lipinski definition) is 1. The Morgan fingerprint density at radius 1 is 0.889 bits per heavy atom. The van der Waals surface area contributed by atoms with Gasteiger partial charge in [0, 0.05) is 11.6 Å². The molecule has 0 N–H and O–H groups in total. The van der Waals surface area contributed by atoms with Crippen LogP contribution in [0.15, 0.2) is 60.8 Å². The normalized spacial score (nSPS) is 10.7. The summed E-state index contributed by atoms with van der Waals surface area (Å²) in [5.74, 6) is -0.193. The zero-order valence-corrected chi connectivity index (χ0v) is 9.81. The van der Waals surface area contributed by atoms with Gasteiger partial charge in [-0.25, -0.2) is 4.39 Å². The molecule has 0 aliphatic heterocycles. The highest BCUT2D eigenvalue weighted by atomic mass is 19.1. The Kier molecular flexibility index (Phi) is 2.77. The maximum atomic E-state index is 12.8. The lowest BCUT2D eigenvalue weighted by Crippen LogP contribution is -1.89. The summed E-state index contributed by atoms with van der Waals surface area (Å²) >= 11 is 0. The van der Waals surface area contributed by atoms with Crippen molar-refractivity contribution >= 4 is 10.9 Å². The predicted molar refractivity (Wildman–Crippen MR) is 70.9 cm³/mol. The number of nitrogens with zero attached hydrogens (tertiary/aromatic N) is 1. The molecule has 3 rings (SSSR count). The Bertz CT molecular complexity index is 674. The van der Waals surface area contributed by atoms with Gasteiger partial charge >= 0.3 is 0 Å². The fraction of sp³-hybridized carbons (Fsp3) is 0.0625. The summed E-state index contributed by atoms with van der Waals surface area (Å²) in [5, 5.41) is 1.14. The number of hydrogen-bond donors (Lipinski definition) is 0. The van der Waals surface area contributed by atoms with Crippen molar-refractivity contribution in [2.24, 2.45) is 0 Å². The standard InChI is InChI=1S/C16H12FN/c17-15-6-3-12(4-7-15)10-13-5-8-16-14(11-13)2-1-9-18-16/h1-9,11H,10H2. The first kappa shape index (κ1) is 10.9. The molecule has 0 unspecified atom stereocenters. The second kappa shape index (κ2) is 4.57. The fourth-order valence-electron chi connectivity index (χ4n) is 2.07. The van der Waals surface area contributed by atoms with Gasteiger partial charge in [0.05, 0.1) is 5.52 Å². The van der Waals surface area contributed by atoms with Crippen molar-refractivity contribution in [3.05, 3.63) is 77.7 Å². The number of aromatic nitrogens is 1. The van der Waals surface area contributed by atoms with E-state index in [1.165, 1.54) is 17.7 Å². The summed E-state index contributed by atoms with van der Waals surface area (Å²) in [7, 11) is 0. The van der Waals surface area contributed by atoms with E-state index in [1.807, 2.05) is 24.3 Å². The van der Waals surface area contributed by atoms with E-state index in [2.05, 4.69) is 23.2 Å². The molecule has 2 aromatic carbocycles. The van der Waals surface area contributed by atoms with Crippen LogP contribution < -0.4 is 0 Å². The third-order valence-corrected chi connectivity index (χ3v) is 2.99. The van der Waals surface area contributed by atoms with Gasteiger partial charge in [-0.05, 0) is 47.9 Å². The third-order valence-electron chi connectivity index (χ3n) is 2.99. The van der Waals surface area contributed by atoms with E-state index >= 15 is 0 Å². The summed E-state index contributed by atoms with van der Waals surface area (Å²) < 4.78 is 12.8. The van der Waals surface area contributed by atoms with Crippen LogP contribution in [0.5, 0.6) is 0 Å². The quantitative estimate of drug-likeness (QED) is 0.657. The van der Waals surface area contributed by atoms with Crippen molar-refractivity contribution in [1.29, 1.82) is 0 Å². The van der Waals surface area contributed by atoms with Gasteiger partial charge < -0.3 is 0 Å². The molecule has 1 aromatic heterocycles. The lowest BCUT2D eigenvalue weighted by Gasteiger charge is -2.04. The SMILES string of the molecule is Fc1ccc(Cc2ccc3ncccc3c2)cc1. The Balaban J connectivity index is 1.92. The van der Waals surface area contributed by atoms with Gasteiger partial charge in [0.25, 0.3) is 0 Å². The van der Waals surface area contributed by atoms with Crippen molar-refractivity contribution in [2.75, 3.05) is 0 Å². The molecule has 18 heavy (non-hydrogen) atoms. The Morgan fingerprint density at radius 3 is 2.50 bits per heavy atom. The minimum atomic E-state index is -0.193. The van der Waals surface area contributed by atoms with Crippen LogP contribution in [-0.4, -0.2) is 4.98 Å². The summed E-state index contributed by atoms with van der Waals surface area (Å²) in [6.45, 7) is 0. The molecule has 1 nitrogen and oxygen atoms in total. The first-order chi connectivity index (χ1) is 8.81. The van der Waals surface area contributed by atoms with Crippen LogP contribution in [0, 0.1) is 5.82 Å². The monoisotopic (exact) mass is 237 g/mol. The Labute approximate surface area is 105 Å². The third kappa shape index (κ3) is 2.23. The second-order valence-electron chi connectivity index (χ2n) is 4.33. The van der Waals surface area contributed by atoms with Crippen molar-refractivity contribution in [3.8, 4) is 0 Å². The Morgan fingerprint density at radius 2 is 1.67 bits per heavy atom. The fourth-order valence-corrected chi connectivity index (χ4v) is 2.07. The highest BCUT2D eigenvalue weighted by Gasteiger charge is 1.99. The summed E-state index contributed by atoms with van der Waals surface area (Å²) in [5.41, 5.74) is 3.32. The van der Waals surface area contributed by atoms with E-state index in [9.17, 15) is 4.39 Å². The number of benzene rings is 2. The summed E-state index contributed by atoms with van der Waals surface area (Å²) in [6.07, 6.45) is 2.60. The van der Waals surface area contributed by atoms with Gasteiger partial charge in [0.2, 0.25) is 0 Å². The maximum Gasteiger partial charge on any atom is 0.123 e. The largest absolute Gasteiger partial charge is 0.256 e. The highest BCUT2D eigenvalue weighted by Crippen LogP contribution is 2.16. The molecule has 1 heterocycles. The minimum absolute atomic E-state index is 0.193. The molecule has 2 heteroatoms. The number of fused-ring (bicyclic) bond motifs is 1. The zero-order chi connectivity index (χ0) is 12.4. The lowest BCUT2D eigenvalue weighted by molar-refractivity contribution is 0.627. The van der Waals surface area contributed by atoms with E-state index in [1.54, 1.807) is 6.20 Å². The number of halogens is 1. The topological polar surface area (TPSA) is 12.9 Å². The van der Waals surface area contributed by atoms with Crippen LogP contribution in [0.3, 0.4) is 0 Å². The lowest BCUT2D eigenvalue weighted by atomic mass is 10.0. The number of pyridine rings is 1. The molecule has 0 atom stereocenters. The molecule has 0 bridgehead atoms. The zero-order valence-electron chi connectivity index (χ0n) is 9.81. The van der Waals surface area contributed by atoms with Crippen LogP contribution >= 0.6 is 0 Å². The van der Waals surface area contributed by atoms with E-state index in [0.29, 0.717) is 0 Å². The van der Waals surface area contributed by atoms with Gasteiger partial charge in [-0.3, -0.25) is 4.98 Å². The van der Waals surface area contributed by atoms with Crippen LogP contribution in [0.25, 0.3) is 10.9 Å². The Hall–Kier alpha value is -2.22. The average molecular weight is 237 g/mol. The molecule has 0 saturated carbocycles. The second-order valence-corrected chi connectivity index (χ2v) is 4.33. The molecule has 3 aromatic rings.